The summed E-state index contributed by atoms with van der Waals surface area (Å²) >= 11 is 0. The first kappa shape index (κ1) is 39.7. The number of amides is 7. The number of carbonyl (C=O) groups excluding carboxylic acids is 7. The summed E-state index contributed by atoms with van der Waals surface area (Å²) in [7, 11) is 3.10. The zero-order valence-corrected chi connectivity index (χ0v) is 29.7. The molecule has 4 unspecified atom stereocenters. The van der Waals surface area contributed by atoms with Crippen molar-refractivity contribution in [1.82, 2.24) is 36.4 Å². The normalized spacial score (nSPS) is 16.5. The molecule has 5 N–H and O–H groups in total. The molecular formula is C34H53N7O7. The Morgan fingerprint density at radius 2 is 1.54 bits per heavy atom. The predicted octanol–water partition coefficient (Wildman–Crippen LogP) is 1.41. The van der Waals surface area contributed by atoms with Crippen LogP contribution in [0.3, 0.4) is 0 Å². The zero-order chi connectivity index (χ0) is 36.4. The summed E-state index contributed by atoms with van der Waals surface area (Å²) in [6.07, 6.45) is 2.13. The standard InChI is InChI=1S/C34H53N7O7/c1-10-33(4,5)27(38-32(48)39-34(6,7)11-2)31(47)41-19-15-18-23(41)28(44)36-21(3)26(43)29(45)35-20-24(42)37-25(30(46)40(8)9)22-16-13-12-14-17-22/h12-14,16-17,21,23,25,27H,10-11,15,18-20H2,1-9H3,(H,35,45)(H,36,44)(H,37,42)(H2,38,39,48). The van der Waals surface area contributed by atoms with Crippen LogP contribution >= 0.6 is 0 Å². The first-order valence-corrected chi connectivity index (χ1v) is 16.4. The Bertz CT molecular complexity index is 1350. The lowest BCUT2D eigenvalue weighted by molar-refractivity contribution is -0.144. The van der Waals surface area contributed by atoms with E-state index in [1.807, 2.05) is 41.5 Å². The van der Waals surface area contributed by atoms with Crippen molar-refractivity contribution in [3.05, 3.63) is 35.9 Å². The van der Waals surface area contributed by atoms with Crippen molar-refractivity contribution in [2.75, 3.05) is 27.2 Å². The molecule has 14 heteroatoms. The van der Waals surface area contributed by atoms with Gasteiger partial charge in [-0.3, -0.25) is 28.8 Å². The van der Waals surface area contributed by atoms with E-state index in [1.54, 1.807) is 44.4 Å². The topological polar surface area (TPSA) is 186 Å². The highest BCUT2D eigenvalue weighted by Gasteiger charge is 2.43. The minimum atomic E-state index is -1.26. The molecule has 1 aliphatic rings. The van der Waals surface area contributed by atoms with Gasteiger partial charge in [-0.2, -0.15) is 0 Å². The monoisotopic (exact) mass is 671 g/mol. The molecule has 0 aliphatic carbocycles. The van der Waals surface area contributed by atoms with E-state index in [1.165, 1.54) is 16.7 Å². The predicted molar refractivity (Wildman–Crippen MR) is 180 cm³/mol. The van der Waals surface area contributed by atoms with Gasteiger partial charge in [0.25, 0.3) is 5.91 Å². The van der Waals surface area contributed by atoms with Crippen LogP contribution in [-0.2, 0) is 28.8 Å². The van der Waals surface area contributed by atoms with Gasteiger partial charge < -0.3 is 36.4 Å². The number of hydrogen-bond acceptors (Lipinski definition) is 7. The van der Waals surface area contributed by atoms with E-state index in [2.05, 4.69) is 26.6 Å². The number of rotatable bonds is 15. The summed E-state index contributed by atoms with van der Waals surface area (Å²) in [6, 6.07) is 4.03. The average Bonchev–Trinajstić information content (AvgIpc) is 3.54. The van der Waals surface area contributed by atoms with Gasteiger partial charge in [-0.1, -0.05) is 58.0 Å². The van der Waals surface area contributed by atoms with Crippen LogP contribution in [0.25, 0.3) is 0 Å². The van der Waals surface area contributed by atoms with Crippen LogP contribution < -0.4 is 26.6 Å². The maximum atomic E-state index is 13.9. The molecular weight excluding hydrogens is 618 g/mol. The first-order valence-electron chi connectivity index (χ1n) is 16.4. The van der Waals surface area contributed by atoms with E-state index in [-0.39, 0.29) is 12.5 Å². The van der Waals surface area contributed by atoms with E-state index >= 15 is 0 Å². The van der Waals surface area contributed by atoms with Crippen LogP contribution in [-0.4, -0.2) is 102 Å². The maximum Gasteiger partial charge on any atom is 0.315 e. The van der Waals surface area contributed by atoms with Crippen molar-refractivity contribution in [3.63, 3.8) is 0 Å². The number of nitrogens with zero attached hydrogens (tertiary/aromatic N) is 2. The smallest absolute Gasteiger partial charge is 0.315 e. The van der Waals surface area contributed by atoms with Crippen molar-refractivity contribution in [2.45, 2.75) is 104 Å². The molecule has 0 aromatic heterocycles. The van der Waals surface area contributed by atoms with Crippen molar-refractivity contribution >= 4 is 41.4 Å². The van der Waals surface area contributed by atoms with Gasteiger partial charge in [-0.05, 0) is 57.4 Å². The highest BCUT2D eigenvalue weighted by atomic mass is 16.2. The Balaban J connectivity index is 2.04. The molecule has 14 nitrogen and oxygen atoms in total. The van der Waals surface area contributed by atoms with Gasteiger partial charge in [-0.15, -0.1) is 0 Å². The third kappa shape index (κ3) is 10.8. The lowest BCUT2D eigenvalue weighted by Crippen LogP contribution is -2.61. The first-order chi connectivity index (χ1) is 22.3. The molecule has 1 aliphatic heterocycles. The van der Waals surface area contributed by atoms with Crippen molar-refractivity contribution in [2.24, 2.45) is 5.41 Å². The molecule has 4 atom stereocenters. The van der Waals surface area contributed by atoms with Crippen LogP contribution in [0, 0.1) is 5.41 Å². The van der Waals surface area contributed by atoms with Crippen molar-refractivity contribution in [1.29, 1.82) is 0 Å². The van der Waals surface area contributed by atoms with Gasteiger partial charge in [0.2, 0.25) is 29.4 Å². The fraction of sp³-hybridized carbons (Fsp3) is 0.618. The molecule has 266 valence electrons. The molecule has 7 amide bonds. The third-order valence-electron chi connectivity index (χ3n) is 8.90. The number of nitrogens with one attached hydrogen (secondary N) is 5. The highest BCUT2D eigenvalue weighted by Crippen LogP contribution is 2.29. The Morgan fingerprint density at radius 1 is 0.917 bits per heavy atom. The van der Waals surface area contributed by atoms with Crippen molar-refractivity contribution < 1.29 is 33.6 Å². The second-order valence-electron chi connectivity index (χ2n) is 13.7. The Hall–Kier alpha value is -4.49. The van der Waals surface area contributed by atoms with E-state index in [0.29, 0.717) is 31.2 Å². The zero-order valence-electron chi connectivity index (χ0n) is 29.7. The summed E-state index contributed by atoms with van der Waals surface area (Å²) in [6.45, 7) is 12.4. The molecule has 1 saturated heterocycles. The van der Waals surface area contributed by atoms with Crippen LogP contribution in [0.4, 0.5) is 4.79 Å². The minimum Gasteiger partial charge on any atom is -0.347 e. The summed E-state index contributed by atoms with van der Waals surface area (Å²) in [5, 5.41) is 13.1. The number of likely N-dealkylation sites (N-methyl/N-ethyl adjacent to an activating group) is 1. The molecule has 1 fully saturated rings. The Labute approximate surface area is 283 Å². The van der Waals surface area contributed by atoms with Crippen LogP contribution in [0.5, 0.6) is 0 Å². The molecule has 48 heavy (non-hydrogen) atoms. The Kier molecular flexibility index (Phi) is 14.1. The van der Waals surface area contributed by atoms with Crippen LogP contribution in [0.2, 0.25) is 0 Å². The number of likely N-dealkylation sites (tertiary alicyclic amines) is 1. The van der Waals surface area contributed by atoms with Gasteiger partial charge in [0.15, 0.2) is 0 Å². The number of ketones is 1. The van der Waals surface area contributed by atoms with Gasteiger partial charge in [0.05, 0.1) is 12.6 Å². The number of urea groups is 1. The molecule has 0 spiro atoms. The fourth-order valence-corrected chi connectivity index (χ4v) is 5.05. The van der Waals surface area contributed by atoms with Crippen molar-refractivity contribution in [3.8, 4) is 0 Å². The summed E-state index contributed by atoms with van der Waals surface area (Å²) < 4.78 is 0. The number of carbonyl (C=O) groups is 7. The molecule has 2 rings (SSSR count). The highest BCUT2D eigenvalue weighted by molar-refractivity contribution is 6.38. The second kappa shape index (κ2) is 17.1. The number of benzene rings is 1. The van der Waals surface area contributed by atoms with E-state index in [0.717, 1.165) is 0 Å². The van der Waals surface area contributed by atoms with Crippen LogP contribution in [0.15, 0.2) is 30.3 Å². The minimum absolute atomic E-state index is 0.287. The summed E-state index contributed by atoms with van der Waals surface area (Å²) in [4.78, 5) is 93.7. The Morgan fingerprint density at radius 3 is 2.10 bits per heavy atom. The van der Waals surface area contributed by atoms with E-state index in [4.69, 9.17) is 0 Å². The van der Waals surface area contributed by atoms with E-state index in [9.17, 15) is 33.6 Å². The summed E-state index contributed by atoms with van der Waals surface area (Å²) in [5.74, 6) is -4.17. The average molecular weight is 672 g/mol. The lowest BCUT2D eigenvalue weighted by atomic mass is 9.81. The SMILES string of the molecule is CCC(C)(C)NC(=O)NC(C(=O)N1CCCC1C(=O)NC(C)C(=O)C(=O)NCC(=O)NC(C(=O)N(C)C)c1ccccc1)C(C)(C)CC. The molecule has 0 bridgehead atoms. The molecule has 1 aromatic carbocycles. The number of hydrogen-bond donors (Lipinski definition) is 5. The number of Topliss-reactive ketones (excluding diaryl/α,β-unsaturated/α-hetero) is 1. The third-order valence-corrected chi connectivity index (χ3v) is 8.90. The molecule has 0 radical (unpaired) electrons. The molecule has 1 aromatic rings. The lowest BCUT2D eigenvalue weighted by Gasteiger charge is -2.38. The van der Waals surface area contributed by atoms with Gasteiger partial charge in [0, 0.05) is 26.2 Å². The van der Waals surface area contributed by atoms with Gasteiger partial charge >= 0.3 is 6.03 Å². The largest absolute Gasteiger partial charge is 0.347 e. The van der Waals surface area contributed by atoms with Gasteiger partial charge in [0.1, 0.15) is 18.1 Å². The van der Waals surface area contributed by atoms with Gasteiger partial charge in [-0.25, -0.2) is 4.79 Å². The fourth-order valence-electron chi connectivity index (χ4n) is 5.05. The van der Waals surface area contributed by atoms with E-state index < -0.39 is 77.1 Å². The van der Waals surface area contributed by atoms with Crippen LogP contribution in [0.1, 0.15) is 85.8 Å². The quantitative estimate of drug-likeness (QED) is 0.175. The summed E-state index contributed by atoms with van der Waals surface area (Å²) in [5.41, 5.74) is -0.576. The molecule has 0 saturated carbocycles. The maximum absolute atomic E-state index is 13.9. The molecule has 1 heterocycles. The second-order valence-corrected chi connectivity index (χ2v) is 13.7.